The summed E-state index contributed by atoms with van der Waals surface area (Å²) in [6.45, 7) is 4.28. The topological polar surface area (TPSA) is 111 Å². The van der Waals surface area contributed by atoms with Gasteiger partial charge < -0.3 is 9.64 Å². The van der Waals surface area contributed by atoms with Crippen LogP contribution in [0.4, 0.5) is 22.7 Å². The zero-order chi connectivity index (χ0) is 23.5. The minimum atomic E-state index is -0.629. The van der Waals surface area contributed by atoms with Crippen LogP contribution in [0.5, 0.6) is 5.75 Å². The Hall–Kier alpha value is -4.27. The van der Waals surface area contributed by atoms with E-state index in [1.54, 1.807) is 7.11 Å². The Bertz CT molecular complexity index is 1330. The van der Waals surface area contributed by atoms with Crippen LogP contribution in [-0.2, 0) is 5.41 Å². The first-order valence-corrected chi connectivity index (χ1v) is 10.3. The molecule has 5 rings (SSSR count). The Morgan fingerprint density at radius 1 is 0.970 bits per heavy atom. The predicted octanol–water partition coefficient (Wildman–Crippen LogP) is 5.44. The van der Waals surface area contributed by atoms with Gasteiger partial charge in [0.2, 0.25) is 0 Å². The number of amidine groups is 1. The number of benzene rings is 3. The minimum Gasteiger partial charge on any atom is -0.497 e. The van der Waals surface area contributed by atoms with Crippen LogP contribution in [0, 0.1) is 20.2 Å². The average molecular weight is 444 g/mol. The third-order valence-corrected chi connectivity index (χ3v) is 6.37. The maximum absolute atomic E-state index is 11.5. The van der Waals surface area contributed by atoms with Crippen molar-refractivity contribution in [3.05, 3.63) is 97.6 Å². The van der Waals surface area contributed by atoms with Gasteiger partial charge in [0.05, 0.1) is 34.8 Å². The van der Waals surface area contributed by atoms with Crippen molar-refractivity contribution in [1.82, 2.24) is 0 Å². The molecule has 0 unspecified atom stereocenters. The van der Waals surface area contributed by atoms with Gasteiger partial charge in [-0.3, -0.25) is 20.2 Å². The second-order valence-corrected chi connectivity index (χ2v) is 8.62. The number of non-ortho nitro benzene ring substituents is 2. The van der Waals surface area contributed by atoms with Crippen LogP contribution in [0.1, 0.15) is 36.6 Å². The summed E-state index contributed by atoms with van der Waals surface area (Å²) in [6, 6.07) is 17.1. The SMILES string of the molecule is COc1ccc2c(c1)N=C(c1cc([N+](=O)[O-])cc([N+](=O)[O-])c1)N1c3ccccc3C(C)(C)[C@@H]21. The Kier molecular flexibility index (Phi) is 4.45. The van der Waals surface area contributed by atoms with Crippen molar-refractivity contribution in [2.45, 2.75) is 25.3 Å². The summed E-state index contributed by atoms with van der Waals surface area (Å²) in [5.41, 5.74) is 2.94. The molecule has 0 saturated heterocycles. The highest BCUT2D eigenvalue weighted by molar-refractivity contribution is 6.15. The van der Waals surface area contributed by atoms with Gasteiger partial charge in [0.15, 0.2) is 0 Å². The number of hydrogen-bond acceptors (Lipinski definition) is 7. The van der Waals surface area contributed by atoms with E-state index in [1.807, 2.05) is 41.3 Å². The van der Waals surface area contributed by atoms with E-state index in [4.69, 9.17) is 9.73 Å². The Morgan fingerprint density at radius 2 is 1.64 bits per heavy atom. The molecule has 3 aromatic rings. The maximum atomic E-state index is 11.5. The molecule has 0 saturated carbocycles. The molecule has 0 fully saturated rings. The lowest BCUT2D eigenvalue weighted by Crippen LogP contribution is -2.40. The minimum absolute atomic E-state index is 0.165. The van der Waals surface area contributed by atoms with Crippen LogP contribution < -0.4 is 9.64 Å². The second kappa shape index (κ2) is 7.13. The number of para-hydroxylation sites is 1. The summed E-state index contributed by atoms with van der Waals surface area (Å²) in [5, 5.41) is 23.1. The zero-order valence-corrected chi connectivity index (χ0v) is 18.2. The molecular formula is C24H20N4O5. The van der Waals surface area contributed by atoms with Gasteiger partial charge in [-0.05, 0) is 17.7 Å². The molecule has 2 heterocycles. The number of hydrogen-bond donors (Lipinski definition) is 0. The van der Waals surface area contributed by atoms with E-state index in [1.165, 1.54) is 12.1 Å². The number of nitrogens with zero attached hydrogens (tertiary/aromatic N) is 4. The van der Waals surface area contributed by atoms with Crippen molar-refractivity contribution in [1.29, 1.82) is 0 Å². The number of ether oxygens (including phenoxy) is 1. The van der Waals surface area contributed by atoms with Crippen LogP contribution in [-0.4, -0.2) is 22.8 Å². The van der Waals surface area contributed by atoms with E-state index in [0.29, 0.717) is 22.8 Å². The molecule has 2 aliphatic rings. The highest BCUT2D eigenvalue weighted by atomic mass is 16.6. The number of methoxy groups -OCH3 is 1. The van der Waals surface area contributed by atoms with Crippen molar-refractivity contribution >= 4 is 28.6 Å². The Labute approximate surface area is 189 Å². The molecule has 3 aromatic carbocycles. The van der Waals surface area contributed by atoms with Crippen molar-refractivity contribution in [3.63, 3.8) is 0 Å². The summed E-state index contributed by atoms with van der Waals surface area (Å²) in [4.78, 5) is 28.7. The van der Waals surface area contributed by atoms with E-state index >= 15 is 0 Å². The van der Waals surface area contributed by atoms with Gasteiger partial charge in [-0.25, -0.2) is 4.99 Å². The number of fused-ring (bicyclic) bond motifs is 5. The summed E-state index contributed by atoms with van der Waals surface area (Å²) < 4.78 is 5.39. The molecule has 33 heavy (non-hydrogen) atoms. The van der Waals surface area contributed by atoms with Gasteiger partial charge in [0.25, 0.3) is 11.4 Å². The second-order valence-electron chi connectivity index (χ2n) is 8.62. The molecule has 166 valence electrons. The third kappa shape index (κ3) is 3.04. The standard InChI is InChI=1S/C24H20N4O5/c1-24(2)19-6-4-5-7-21(19)26-22(24)18-9-8-17(33-3)13-20(18)25-23(26)14-10-15(27(29)30)12-16(11-14)28(31)32/h4-13,22H,1-3H3/t22-/m1/s1. The first-order valence-electron chi connectivity index (χ1n) is 10.3. The summed E-state index contributed by atoms with van der Waals surface area (Å²) >= 11 is 0. The molecule has 9 nitrogen and oxygen atoms in total. The monoisotopic (exact) mass is 444 g/mol. The zero-order valence-electron chi connectivity index (χ0n) is 18.2. The van der Waals surface area contributed by atoms with Crippen LogP contribution in [0.2, 0.25) is 0 Å². The van der Waals surface area contributed by atoms with Crippen LogP contribution >= 0.6 is 0 Å². The molecule has 0 N–H and O–H groups in total. The molecule has 0 radical (unpaired) electrons. The van der Waals surface area contributed by atoms with E-state index in [9.17, 15) is 20.2 Å². The fraction of sp³-hybridized carbons (Fsp3) is 0.208. The van der Waals surface area contributed by atoms with Crippen molar-refractivity contribution in [2.75, 3.05) is 12.0 Å². The number of aliphatic imine (C=N–C) groups is 1. The first kappa shape index (κ1) is 20.6. The van der Waals surface area contributed by atoms with E-state index in [-0.39, 0.29) is 22.8 Å². The highest BCUT2D eigenvalue weighted by Crippen LogP contribution is 2.57. The summed E-state index contributed by atoms with van der Waals surface area (Å²) in [6.07, 6.45) is 0. The Balaban J connectivity index is 1.82. The summed E-state index contributed by atoms with van der Waals surface area (Å²) in [5.74, 6) is 1.05. The Morgan fingerprint density at radius 3 is 2.27 bits per heavy atom. The predicted molar refractivity (Wildman–Crippen MR) is 124 cm³/mol. The molecule has 2 aliphatic heterocycles. The third-order valence-electron chi connectivity index (χ3n) is 6.37. The number of nitro groups is 2. The van der Waals surface area contributed by atoms with E-state index in [2.05, 4.69) is 19.9 Å². The van der Waals surface area contributed by atoms with Gasteiger partial charge in [-0.1, -0.05) is 38.1 Å². The highest BCUT2D eigenvalue weighted by Gasteiger charge is 2.49. The van der Waals surface area contributed by atoms with Gasteiger partial charge in [0.1, 0.15) is 11.6 Å². The maximum Gasteiger partial charge on any atom is 0.277 e. The normalized spacial score (nSPS) is 17.5. The summed E-state index contributed by atoms with van der Waals surface area (Å²) in [7, 11) is 1.57. The number of anilines is 1. The number of rotatable bonds is 4. The molecule has 0 aromatic heterocycles. The van der Waals surface area contributed by atoms with E-state index in [0.717, 1.165) is 22.9 Å². The quantitative estimate of drug-likeness (QED) is 0.391. The molecule has 0 aliphatic carbocycles. The molecular weight excluding hydrogens is 424 g/mol. The molecule has 9 heteroatoms. The lowest BCUT2D eigenvalue weighted by atomic mass is 9.76. The van der Waals surface area contributed by atoms with Crippen molar-refractivity contribution in [3.8, 4) is 5.75 Å². The van der Waals surface area contributed by atoms with Gasteiger partial charge in [0, 0.05) is 40.4 Å². The van der Waals surface area contributed by atoms with Gasteiger partial charge in [-0.15, -0.1) is 0 Å². The average Bonchev–Trinajstić information content (AvgIpc) is 3.05. The van der Waals surface area contributed by atoms with Gasteiger partial charge in [-0.2, -0.15) is 0 Å². The van der Waals surface area contributed by atoms with Gasteiger partial charge >= 0.3 is 0 Å². The van der Waals surface area contributed by atoms with E-state index < -0.39 is 9.85 Å². The largest absolute Gasteiger partial charge is 0.497 e. The molecule has 0 bridgehead atoms. The molecule has 1 atom stereocenters. The molecule has 0 amide bonds. The van der Waals surface area contributed by atoms with Crippen molar-refractivity contribution in [2.24, 2.45) is 4.99 Å². The number of nitro benzene ring substituents is 2. The van der Waals surface area contributed by atoms with Crippen LogP contribution in [0.15, 0.2) is 65.7 Å². The first-order chi connectivity index (χ1) is 15.7. The van der Waals surface area contributed by atoms with Crippen LogP contribution in [0.25, 0.3) is 0 Å². The lowest BCUT2D eigenvalue weighted by molar-refractivity contribution is -0.394. The fourth-order valence-electron chi connectivity index (χ4n) is 4.89. The van der Waals surface area contributed by atoms with Crippen molar-refractivity contribution < 1.29 is 14.6 Å². The molecule has 0 spiro atoms. The smallest absolute Gasteiger partial charge is 0.277 e. The lowest BCUT2D eigenvalue weighted by Gasteiger charge is -2.39. The van der Waals surface area contributed by atoms with Crippen LogP contribution in [0.3, 0.4) is 0 Å². The fourth-order valence-corrected chi connectivity index (χ4v) is 4.89.